The number of hydrogen-bond acceptors (Lipinski definition) is 4. The molecule has 0 saturated heterocycles. The lowest BCUT2D eigenvalue weighted by Crippen LogP contribution is -1.80. The van der Waals surface area contributed by atoms with Crippen LogP contribution in [0.5, 0.6) is 0 Å². The molecule has 0 amide bonds. The summed E-state index contributed by atoms with van der Waals surface area (Å²) >= 11 is 0. The Labute approximate surface area is 109 Å². The summed E-state index contributed by atoms with van der Waals surface area (Å²) in [6.45, 7) is 0. The van der Waals surface area contributed by atoms with Crippen molar-refractivity contribution >= 4 is 21.7 Å². The van der Waals surface area contributed by atoms with E-state index in [1.807, 2.05) is 24.4 Å². The second-order valence-corrected chi connectivity index (χ2v) is 3.95. The number of nitrogens with zero attached hydrogens (tertiary/aromatic N) is 3. The molecule has 0 fully saturated rings. The van der Waals surface area contributed by atoms with Gasteiger partial charge in [0.1, 0.15) is 6.26 Å². The summed E-state index contributed by atoms with van der Waals surface area (Å²) < 4.78 is 4.22. The number of benzene rings is 2. The van der Waals surface area contributed by atoms with E-state index in [9.17, 15) is 0 Å². The van der Waals surface area contributed by atoms with E-state index < -0.39 is 0 Å². The molecule has 2 aromatic carbocycles. The van der Waals surface area contributed by atoms with Gasteiger partial charge in [0.15, 0.2) is 0 Å². The highest BCUT2D eigenvalue weighted by Crippen LogP contribution is 2.22. The van der Waals surface area contributed by atoms with Crippen LogP contribution in [0.2, 0.25) is 0 Å². The zero-order valence-electron chi connectivity index (χ0n) is 10.1. The van der Waals surface area contributed by atoms with Crippen LogP contribution in [0.3, 0.4) is 0 Å². The molecule has 2 heterocycles. The van der Waals surface area contributed by atoms with E-state index in [0.29, 0.717) is 0 Å². The van der Waals surface area contributed by atoms with Gasteiger partial charge in [0.2, 0.25) is 0 Å². The molecule has 0 aliphatic heterocycles. The number of rotatable bonds is 0. The van der Waals surface area contributed by atoms with Crippen molar-refractivity contribution in [3.8, 4) is 0 Å². The zero-order valence-corrected chi connectivity index (χ0v) is 10.1. The van der Waals surface area contributed by atoms with Gasteiger partial charge in [-0.3, -0.25) is 4.98 Å². The SMILES string of the molecule is c1ccc2c(c1)cnc1ccccc12.c1conn1. The maximum Gasteiger partial charge on any atom is 0.144 e. The van der Waals surface area contributed by atoms with Gasteiger partial charge in [-0.05, 0) is 11.5 Å². The Kier molecular flexibility index (Phi) is 3.14. The van der Waals surface area contributed by atoms with Gasteiger partial charge in [-0.25, -0.2) is 0 Å². The standard InChI is InChI=1S/C13H9N.C2H2N2O/c1-2-6-11-10(5-1)9-14-13-8-4-3-7-12(11)13;1-2-5-4-3-1/h1-9H;1-2H. The van der Waals surface area contributed by atoms with E-state index in [2.05, 4.69) is 50.2 Å². The van der Waals surface area contributed by atoms with Crippen LogP contribution < -0.4 is 0 Å². The number of pyridine rings is 1. The summed E-state index contributed by atoms with van der Waals surface area (Å²) in [6.07, 6.45) is 4.80. The second kappa shape index (κ2) is 5.27. The van der Waals surface area contributed by atoms with Crippen molar-refractivity contribution in [1.82, 2.24) is 15.4 Å². The molecule has 0 spiro atoms. The highest BCUT2D eigenvalue weighted by Gasteiger charge is 1.98. The summed E-state index contributed by atoms with van der Waals surface area (Å²) in [5.41, 5.74) is 1.06. The van der Waals surface area contributed by atoms with Gasteiger partial charge in [-0.1, -0.05) is 42.5 Å². The van der Waals surface area contributed by atoms with Crippen molar-refractivity contribution < 1.29 is 4.52 Å². The average molecular weight is 249 g/mol. The van der Waals surface area contributed by atoms with E-state index >= 15 is 0 Å². The highest BCUT2D eigenvalue weighted by atomic mass is 16.5. The van der Waals surface area contributed by atoms with Crippen molar-refractivity contribution in [1.29, 1.82) is 0 Å². The third-order valence-electron chi connectivity index (χ3n) is 2.78. The number of fused-ring (bicyclic) bond motifs is 3. The summed E-state index contributed by atoms with van der Waals surface area (Å²) in [4.78, 5) is 4.41. The van der Waals surface area contributed by atoms with Crippen LogP contribution in [0.25, 0.3) is 21.7 Å². The minimum Gasteiger partial charge on any atom is -0.346 e. The quantitative estimate of drug-likeness (QED) is 0.448. The highest BCUT2D eigenvalue weighted by molar-refractivity contribution is 6.05. The summed E-state index contributed by atoms with van der Waals surface area (Å²) in [5, 5.41) is 10.1. The molecular formula is C15H11N3O. The van der Waals surface area contributed by atoms with Crippen LogP contribution in [0.1, 0.15) is 0 Å². The first kappa shape index (κ1) is 11.3. The molecule has 0 bridgehead atoms. The van der Waals surface area contributed by atoms with Gasteiger partial charge in [0, 0.05) is 22.2 Å². The van der Waals surface area contributed by atoms with E-state index in [4.69, 9.17) is 0 Å². The Morgan fingerprint density at radius 2 is 1.63 bits per heavy atom. The molecule has 0 N–H and O–H groups in total. The molecule has 0 atom stereocenters. The smallest absolute Gasteiger partial charge is 0.144 e. The minimum absolute atomic E-state index is 1.06. The van der Waals surface area contributed by atoms with E-state index in [-0.39, 0.29) is 0 Å². The Balaban J connectivity index is 0.000000187. The normalized spacial score (nSPS) is 10.1. The van der Waals surface area contributed by atoms with Crippen LogP contribution in [0.4, 0.5) is 0 Å². The molecule has 92 valence electrons. The van der Waals surface area contributed by atoms with Gasteiger partial charge in [0.05, 0.1) is 11.7 Å². The first-order valence-corrected chi connectivity index (χ1v) is 5.88. The van der Waals surface area contributed by atoms with Crippen LogP contribution in [0, 0.1) is 0 Å². The molecule has 0 unspecified atom stereocenters. The lowest BCUT2D eigenvalue weighted by Gasteiger charge is -2.01. The predicted molar refractivity (Wildman–Crippen MR) is 73.5 cm³/mol. The van der Waals surface area contributed by atoms with Crippen molar-refractivity contribution in [2.45, 2.75) is 0 Å². The molecule has 0 saturated carbocycles. The zero-order chi connectivity index (χ0) is 12.9. The average Bonchev–Trinajstić information content (AvgIpc) is 3.07. The Morgan fingerprint density at radius 1 is 0.842 bits per heavy atom. The monoisotopic (exact) mass is 249 g/mol. The third kappa shape index (κ3) is 2.42. The van der Waals surface area contributed by atoms with Gasteiger partial charge < -0.3 is 4.52 Å². The van der Waals surface area contributed by atoms with Gasteiger partial charge >= 0.3 is 0 Å². The first-order chi connectivity index (χ1) is 9.45. The fourth-order valence-corrected chi connectivity index (χ4v) is 1.94. The van der Waals surface area contributed by atoms with Crippen LogP contribution in [-0.2, 0) is 0 Å². The second-order valence-electron chi connectivity index (χ2n) is 3.95. The van der Waals surface area contributed by atoms with E-state index in [1.54, 1.807) is 0 Å². The molecule has 0 radical (unpaired) electrons. The Hall–Kier alpha value is -2.75. The van der Waals surface area contributed by atoms with Gasteiger partial charge in [-0.15, -0.1) is 5.10 Å². The van der Waals surface area contributed by atoms with Crippen molar-refractivity contribution in [3.05, 3.63) is 67.2 Å². The molecule has 4 rings (SSSR count). The Bertz CT molecular complexity index is 710. The lowest BCUT2D eigenvalue weighted by atomic mass is 10.1. The molecular weight excluding hydrogens is 238 g/mol. The maximum atomic E-state index is 4.41. The number of para-hydroxylation sites is 1. The van der Waals surface area contributed by atoms with Crippen LogP contribution in [0.15, 0.2) is 71.7 Å². The molecule has 0 aliphatic rings. The molecule has 19 heavy (non-hydrogen) atoms. The first-order valence-electron chi connectivity index (χ1n) is 5.88. The minimum atomic E-state index is 1.06. The maximum absolute atomic E-state index is 4.41. The fraction of sp³-hybridized carbons (Fsp3) is 0. The largest absolute Gasteiger partial charge is 0.346 e. The fourth-order valence-electron chi connectivity index (χ4n) is 1.94. The molecule has 2 aromatic heterocycles. The van der Waals surface area contributed by atoms with E-state index in [1.165, 1.54) is 28.6 Å². The molecule has 0 aliphatic carbocycles. The van der Waals surface area contributed by atoms with Crippen LogP contribution in [-0.4, -0.2) is 15.4 Å². The molecule has 4 heteroatoms. The molecule has 4 aromatic rings. The summed E-state index contributed by atoms with van der Waals surface area (Å²) in [7, 11) is 0. The number of aromatic nitrogens is 3. The van der Waals surface area contributed by atoms with Crippen molar-refractivity contribution in [2.24, 2.45) is 0 Å². The lowest BCUT2D eigenvalue weighted by molar-refractivity contribution is 0.393. The topological polar surface area (TPSA) is 51.8 Å². The summed E-state index contributed by atoms with van der Waals surface area (Å²) in [5.74, 6) is 0. The van der Waals surface area contributed by atoms with Crippen LogP contribution >= 0.6 is 0 Å². The van der Waals surface area contributed by atoms with Crippen molar-refractivity contribution in [3.63, 3.8) is 0 Å². The van der Waals surface area contributed by atoms with Crippen molar-refractivity contribution in [2.75, 3.05) is 0 Å². The third-order valence-corrected chi connectivity index (χ3v) is 2.78. The summed E-state index contributed by atoms with van der Waals surface area (Å²) in [6, 6.07) is 16.6. The van der Waals surface area contributed by atoms with E-state index in [0.717, 1.165) is 5.52 Å². The van der Waals surface area contributed by atoms with Gasteiger partial charge in [-0.2, -0.15) is 0 Å². The molecule has 4 nitrogen and oxygen atoms in total. The predicted octanol–water partition coefficient (Wildman–Crippen LogP) is 3.46. The number of hydrogen-bond donors (Lipinski definition) is 0. The Morgan fingerprint density at radius 3 is 2.37 bits per heavy atom. The van der Waals surface area contributed by atoms with Gasteiger partial charge in [0.25, 0.3) is 0 Å².